The van der Waals surface area contributed by atoms with Gasteiger partial charge in [-0.1, -0.05) is 43.0 Å². The van der Waals surface area contributed by atoms with E-state index in [2.05, 4.69) is 68.5 Å². The van der Waals surface area contributed by atoms with Crippen LogP contribution in [0.1, 0.15) is 16.7 Å². The number of nitrogens with zero attached hydrogens (tertiary/aromatic N) is 2. The smallest absolute Gasteiger partial charge is 0.287 e. The van der Waals surface area contributed by atoms with E-state index in [4.69, 9.17) is 9.72 Å². The third-order valence-electron chi connectivity index (χ3n) is 6.73. The van der Waals surface area contributed by atoms with Gasteiger partial charge in [-0.2, -0.15) is 0 Å². The van der Waals surface area contributed by atoms with Crippen LogP contribution in [0, 0.1) is 6.92 Å². The summed E-state index contributed by atoms with van der Waals surface area (Å²) in [5.74, 6) is 2.05. The summed E-state index contributed by atoms with van der Waals surface area (Å²) in [6, 6.07) is 11.3. The molecule has 4 heteroatoms. The quantitative estimate of drug-likeness (QED) is 0.296. The van der Waals surface area contributed by atoms with Gasteiger partial charge in [0.15, 0.2) is 11.2 Å². The number of aromatic nitrogens is 2. The van der Waals surface area contributed by atoms with Gasteiger partial charge in [0, 0.05) is 5.56 Å². The van der Waals surface area contributed by atoms with Gasteiger partial charge in [0.05, 0.1) is 20.7 Å². The van der Waals surface area contributed by atoms with Gasteiger partial charge >= 0.3 is 0 Å². The molecule has 0 saturated carbocycles. The topological polar surface area (TPSA) is 26.0 Å². The number of rotatable bonds is 1. The average molecular weight is 398 g/mol. The van der Waals surface area contributed by atoms with Crippen molar-refractivity contribution in [1.82, 2.24) is 4.98 Å². The summed E-state index contributed by atoms with van der Waals surface area (Å²) in [5, 5.41) is 5.32. The molecule has 1 aliphatic carbocycles. The highest BCUT2D eigenvalue weighted by molar-refractivity contribution is 6.88. The first kappa shape index (κ1) is 17.2. The maximum Gasteiger partial charge on any atom is 0.287 e. The fourth-order valence-electron chi connectivity index (χ4n) is 5.19. The molecule has 0 bridgehead atoms. The van der Waals surface area contributed by atoms with Gasteiger partial charge in [-0.25, -0.2) is 4.57 Å². The van der Waals surface area contributed by atoms with Crippen LogP contribution in [0.2, 0.25) is 19.6 Å². The third kappa shape index (κ3) is 2.18. The van der Waals surface area contributed by atoms with Gasteiger partial charge in [-0.05, 0) is 58.8 Å². The van der Waals surface area contributed by atoms with Gasteiger partial charge in [0.2, 0.25) is 0 Å². The van der Waals surface area contributed by atoms with E-state index in [1.165, 1.54) is 43.9 Å². The molecule has 0 atom stereocenters. The van der Waals surface area contributed by atoms with Gasteiger partial charge in [0.25, 0.3) is 6.33 Å². The van der Waals surface area contributed by atoms with Crippen LogP contribution >= 0.6 is 0 Å². The Morgan fingerprint density at radius 3 is 2.69 bits per heavy atom. The number of fused-ring (bicyclic) bond motifs is 3. The van der Waals surface area contributed by atoms with E-state index in [1.807, 2.05) is 6.33 Å². The molecule has 29 heavy (non-hydrogen) atoms. The molecule has 6 rings (SSSR count). The Kier molecular flexibility index (Phi) is 3.23. The molecule has 0 unspecified atom stereocenters. The average Bonchev–Trinajstić information content (AvgIpc) is 3.12. The van der Waals surface area contributed by atoms with E-state index >= 15 is 0 Å². The zero-order chi connectivity index (χ0) is 20.1. The molecule has 1 aromatic heterocycles. The molecule has 0 amide bonds. The maximum absolute atomic E-state index is 6.75. The Hall–Kier alpha value is -2.72. The monoisotopic (exact) mass is 397 g/mol. The van der Waals surface area contributed by atoms with Crippen LogP contribution in [0.5, 0.6) is 11.5 Å². The number of benzene rings is 3. The first-order valence-corrected chi connectivity index (χ1v) is 13.9. The minimum atomic E-state index is -1.49. The Bertz CT molecular complexity index is 1380. The van der Waals surface area contributed by atoms with E-state index in [1.54, 1.807) is 0 Å². The van der Waals surface area contributed by atoms with Crippen molar-refractivity contribution in [2.24, 2.45) is 7.05 Å². The highest BCUT2D eigenvalue weighted by atomic mass is 28.3. The maximum atomic E-state index is 6.75. The molecule has 2 aliphatic rings. The molecule has 3 nitrogen and oxygen atoms in total. The summed E-state index contributed by atoms with van der Waals surface area (Å²) in [4.78, 5) is 4.78. The van der Waals surface area contributed by atoms with E-state index in [9.17, 15) is 0 Å². The molecule has 3 aromatic carbocycles. The van der Waals surface area contributed by atoms with Gasteiger partial charge in [-0.15, -0.1) is 0 Å². The second-order valence-corrected chi connectivity index (χ2v) is 14.6. The predicted molar refractivity (Wildman–Crippen MR) is 121 cm³/mol. The van der Waals surface area contributed by atoms with Crippen molar-refractivity contribution in [1.29, 1.82) is 0 Å². The summed E-state index contributed by atoms with van der Waals surface area (Å²) in [6.45, 7) is 9.39. The number of hydrogen-bond donors (Lipinski definition) is 0. The highest BCUT2D eigenvalue weighted by Gasteiger charge is 2.35. The Morgan fingerprint density at radius 2 is 1.90 bits per heavy atom. The summed E-state index contributed by atoms with van der Waals surface area (Å²) < 4.78 is 8.93. The van der Waals surface area contributed by atoms with E-state index in [0.29, 0.717) is 0 Å². The molecule has 0 fully saturated rings. The first-order valence-electron chi connectivity index (χ1n) is 10.4. The zero-order valence-corrected chi connectivity index (χ0v) is 18.7. The summed E-state index contributed by atoms with van der Waals surface area (Å²) in [7, 11) is 0.614. The van der Waals surface area contributed by atoms with Gasteiger partial charge in [0.1, 0.15) is 16.9 Å². The SMILES string of the molecule is Cc1c2c(c3c4c(cccc14)CC3)Oc1cc([Si](C)(C)C)cc3nc[n+](C)c-2c13. The van der Waals surface area contributed by atoms with Crippen molar-refractivity contribution in [3.63, 3.8) is 0 Å². The summed E-state index contributed by atoms with van der Waals surface area (Å²) in [6.07, 6.45) is 4.12. The Morgan fingerprint density at radius 1 is 1.07 bits per heavy atom. The van der Waals surface area contributed by atoms with E-state index in [-0.39, 0.29) is 0 Å². The number of aryl methyl sites for hydroxylation is 4. The van der Waals surface area contributed by atoms with Gasteiger partial charge < -0.3 is 4.74 Å². The van der Waals surface area contributed by atoms with Crippen LogP contribution in [0.15, 0.2) is 36.7 Å². The van der Waals surface area contributed by atoms with Crippen molar-refractivity contribution in [3.05, 3.63) is 53.3 Å². The fourth-order valence-corrected chi connectivity index (χ4v) is 6.32. The second kappa shape index (κ2) is 5.45. The molecule has 0 radical (unpaired) electrons. The fraction of sp³-hybridized carbons (Fsp3) is 0.280. The molecule has 0 saturated heterocycles. The predicted octanol–water partition coefficient (Wildman–Crippen LogP) is 4.94. The molecule has 0 N–H and O–H groups in total. The Balaban J connectivity index is 1.80. The lowest BCUT2D eigenvalue weighted by atomic mass is 9.90. The number of hydrogen-bond acceptors (Lipinski definition) is 2. The lowest BCUT2D eigenvalue weighted by Crippen LogP contribution is -2.38. The van der Waals surface area contributed by atoms with Crippen molar-refractivity contribution in [3.8, 4) is 22.8 Å². The summed E-state index contributed by atoms with van der Waals surface area (Å²) in [5.41, 5.74) is 7.67. The normalized spacial score (nSPS) is 14.4. The van der Waals surface area contributed by atoms with Crippen molar-refractivity contribution in [2.45, 2.75) is 39.4 Å². The molecule has 144 valence electrons. The number of ether oxygens (including phenoxy) is 1. The first-order chi connectivity index (χ1) is 13.8. The standard InChI is InChI=1S/C25H25N2OSi/c1-14-17-8-6-7-15-9-10-18(22(15)17)25-21(14)24-23-19(26-13-27(24)2)11-16(29(3,4)5)12-20(23)28-25/h6-8,11-13H,9-10H2,1-5H3/q+1. The molecular weight excluding hydrogens is 372 g/mol. The molecule has 2 heterocycles. The van der Waals surface area contributed by atoms with Gasteiger partial charge in [-0.3, -0.25) is 0 Å². The minimum Gasteiger partial charge on any atom is -0.455 e. The molecular formula is C25H25N2OSi+. The van der Waals surface area contributed by atoms with Crippen LogP contribution in [0.25, 0.3) is 32.9 Å². The molecule has 1 aliphatic heterocycles. The molecule has 0 spiro atoms. The van der Waals surface area contributed by atoms with Crippen LogP contribution in [0.4, 0.5) is 0 Å². The lowest BCUT2D eigenvalue weighted by Gasteiger charge is -2.26. The summed E-state index contributed by atoms with van der Waals surface area (Å²) >= 11 is 0. The van der Waals surface area contributed by atoms with Crippen LogP contribution in [-0.2, 0) is 19.9 Å². The molecule has 4 aromatic rings. The highest BCUT2D eigenvalue weighted by Crippen LogP contribution is 2.52. The van der Waals surface area contributed by atoms with Crippen LogP contribution in [0.3, 0.4) is 0 Å². The van der Waals surface area contributed by atoms with Crippen LogP contribution in [-0.4, -0.2) is 13.1 Å². The largest absolute Gasteiger partial charge is 0.455 e. The third-order valence-corrected chi connectivity index (χ3v) is 8.75. The van der Waals surface area contributed by atoms with Crippen molar-refractivity contribution >= 4 is 34.9 Å². The second-order valence-electron chi connectivity index (χ2n) is 9.57. The van der Waals surface area contributed by atoms with E-state index < -0.39 is 8.07 Å². The Labute approximate surface area is 172 Å². The van der Waals surface area contributed by atoms with E-state index in [0.717, 1.165) is 35.2 Å². The van der Waals surface area contributed by atoms with Crippen LogP contribution < -0.4 is 14.5 Å². The minimum absolute atomic E-state index is 0.977. The zero-order valence-electron chi connectivity index (χ0n) is 17.7. The van der Waals surface area contributed by atoms with Crippen molar-refractivity contribution < 1.29 is 9.30 Å². The van der Waals surface area contributed by atoms with Crippen molar-refractivity contribution in [2.75, 3.05) is 0 Å². The lowest BCUT2D eigenvalue weighted by molar-refractivity contribution is -0.662.